The molecule has 0 aromatic heterocycles. The number of likely N-dealkylation sites (N-methyl/N-ethyl adjacent to an activating group) is 1. The van der Waals surface area contributed by atoms with Gasteiger partial charge in [0, 0.05) is 6.42 Å². The topological polar surface area (TPSA) is 108 Å². The van der Waals surface area contributed by atoms with E-state index in [2.05, 4.69) is 79.9 Å². The molecular formula is C48H85N2O6P. The first kappa shape index (κ1) is 54.7. The van der Waals surface area contributed by atoms with Crippen LogP contribution in [0.3, 0.4) is 0 Å². The Hall–Kier alpha value is -2.32. The van der Waals surface area contributed by atoms with Gasteiger partial charge in [-0.1, -0.05) is 170 Å². The first-order chi connectivity index (χ1) is 27.5. The molecular weight excluding hydrogens is 732 g/mol. The number of carbonyl (C=O) groups excluding carboxylic acids is 1. The van der Waals surface area contributed by atoms with Gasteiger partial charge in [-0.15, -0.1) is 0 Å². The van der Waals surface area contributed by atoms with Crippen molar-refractivity contribution in [3.63, 3.8) is 0 Å². The lowest BCUT2D eigenvalue weighted by atomic mass is 10.0. The maximum Gasteiger partial charge on any atom is 0.268 e. The summed E-state index contributed by atoms with van der Waals surface area (Å²) in [5.41, 5.74) is 0. The fourth-order valence-electron chi connectivity index (χ4n) is 5.78. The van der Waals surface area contributed by atoms with Gasteiger partial charge in [0.25, 0.3) is 7.82 Å². The zero-order valence-corrected chi connectivity index (χ0v) is 37.9. The SMILES string of the molecule is CC/C=C\C/C=C\C/C=C\C/C=C\CCC(=O)NC(COP(=O)([O-])OCC[N+](C)(C)C)C(O)/C=C/CC/C=C/CC/C=C/CCCCCCCCCCCCCC. The molecule has 0 rings (SSSR count). The van der Waals surface area contributed by atoms with E-state index in [1.807, 2.05) is 39.4 Å². The van der Waals surface area contributed by atoms with E-state index in [9.17, 15) is 19.4 Å². The van der Waals surface area contributed by atoms with Crippen LogP contribution in [0.15, 0.2) is 85.1 Å². The maximum atomic E-state index is 12.8. The number of allylic oxidation sites excluding steroid dienone is 13. The molecule has 1 amide bonds. The number of carbonyl (C=O) groups is 1. The molecule has 328 valence electrons. The number of phosphoric ester groups is 1. The summed E-state index contributed by atoms with van der Waals surface area (Å²) in [5, 5.41) is 13.7. The normalized spacial score (nSPS) is 15.1. The van der Waals surface area contributed by atoms with Gasteiger partial charge in [0.2, 0.25) is 5.91 Å². The van der Waals surface area contributed by atoms with E-state index in [1.54, 1.807) is 6.08 Å². The van der Waals surface area contributed by atoms with E-state index >= 15 is 0 Å². The Kier molecular flexibility index (Phi) is 37.6. The predicted molar refractivity (Wildman–Crippen MR) is 242 cm³/mol. The van der Waals surface area contributed by atoms with E-state index in [0.29, 0.717) is 23.9 Å². The van der Waals surface area contributed by atoms with Gasteiger partial charge in [-0.2, -0.15) is 0 Å². The Balaban J connectivity index is 4.55. The van der Waals surface area contributed by atoms with Crippen LogP contribution in [0.4, 0.5) is 0 Å². The number of hydrogen-bond acceptors (Lipinski definition) is 6. The van der Waals surface area contributed by atoms with Crippen molar-refractivity contribution in [1.29, 1.82) is 0 Å². The first-order valence-electron chi connectivity index (χ1n) is 22.4. The lowest BCUT2D eigenvalue weighted by molar-refractivity contribution is -0.870. The van der Waals surface area contributed by atoms with Gasteiger partial charge in [0.15, 0.2) is 0 Å². The summed E-state index contributed by atoms with van der Waals surface area (Å²) in [6, 6.07) is -0.951. The number of nitrogens with one attached hydrogen (secondary N) is 1. The third-order valence-electron chi connectivity index (χ3n) is 9.33. The molecule has 0 bridgehead atoms. The number of nitrogens with zero attached hydrogens (tertiary/aromatic N) is 1. The molecule has 0 fully saturated rings. The molecule has 9 heteroatoms. The molecule has 3 unspecified atom stereocenters. The molecule has 0 saturated carbocycles. The molecule has 0 aromatic rings. The van der Waals surface area contributed by atoms with Crippen molar-refractivity contribution in [3.05, 3.63) is 85.1 Å². The molecule has 2 N–H and O–H groups in total. The van der Waals surface area contributed by atoms with Crippen molar-refractivity contribution in [2.45, 2.75) is 174 Å². The van der Waals surface area contributed by atoms with Crippen LogP contribution in [0.5, 0.6) is 0 Å². The molecule has 8 nitrogen and oxygen atoms in total. The summed E-state index contributed by atoms with van der Waals surface area (Å²) in [4.78, 5) is 25.2. The molecule has 0 aliphatic rings. The van der Waals surface area contributed by atoms with E-state index < -0.39 is 26.6 Å². The molecule has 0 saturated heterocycles. The van der Waals surface area contributed by atoms with Gasteiger partial charge < -0.3 is 28.8 Å². The van der Waals surface area contributed by atoms with Crippen molar-refractivity contribution in [3.8, 4) is 0 Å². The molecule has 0 aliphatic carbocycles. The standard InChI is InChI=1S/C48H85N2O6P/c1-6-8-10-12-14-16-18-20-21-22-23-24-25-26-27-28-30-31-33-35-37-39-41-47(51)46(45-56-57(53,54)55-44-43-50(3,4)5)49-48(52)42-40-38-36-34-32-29-19-17-15-13-11-9-7-2/h9,11,15,17,26-27,29,31-33,36,38-39,41,46-47,51H,6-8,10,12-14,16,18-25,28,30,34-35,37,40,42-45H2,1-5H3,(H-,49,52,53,54)/b11-9-,17-15-,27-26+,32-29-,33-31+,38-36-,41-39+. The molecule has 57 heavy (non-hydrogen) atoms. The maximum absolute atomic E-state index is 12.8. The third kappa shape index (κ3) is 41.6. The predicted octanol–water partition coefficient (Wildman–Crippen LogP) is 11.9. The second kappa shape index (κ2) is 39.2. The van der Waals surface area contributed by atoms with Gasteiger partial charge >= 0.3 is 0 Å². The quantitative estimate of drug-likeness (QED) is 0.0277. The van der Waals surface area contributed by atoms with Crippen LogP contribution in [0.1, 0.15) is 162 Å². The summed E-state index contributed by atoms with van der Waals surface area (Å²) >= 11 is 0. The summed E-state index contributed by atoms with van der Waals surface area (Å²) in [6.07, 6.45) is 53.8. The van der Waals surface area contributed by atoms with Crippen LogP contribution in [0.2, 0.25) is 0 Å². The lowest BCUT2D eigenvalue weighted by Crippen LogP contribution is -2.45. The minimum atomic E-state index is -4.62. The number of amides is 1. The number of quaternary nitrogens is 1. The molecule has 0 radical (unpaired) electrons. The molecule has 0 aromatic carbocycles. The van der Waals surface area contributed by atoms with Gasteiger partial charge in [-0.05, 0) is 70.6 Å². The van der Waals surface area contributed by atoms with Gasteiger partial charge in [-0.25, -0.2) is 0 Å². The second-order valence-corrected chi connectivity index (χ2v) is 17.4. The minimum absolute atomic E-state index is 0.0259. The van der Waals surface area contributed by atoms with Crippen molar-refractivity contribution < 1.29 is 32.9 Å². The Bertz CT molecular complexity index is 1200. The first-order valence-corrected chi connectivity index (χ1v) is 23.9. The number of hydrogen-bond donors (Lipinski definition) is 2. The van der Waals surface area contributed by atoms with Crippen LogP contribution in [-0.4, -0.2) is 68.5 Å². The summed E-state index contributed by atoms with van der Waals surface area (Å²) in [6.45, 7) is 4.42. The highest BCUT2D eigenvalue weighted by Crippen LogP contribution is 2.38. The van der Waals surface area contributed by atoms with Crippen LogP contribution < -0.4 is 10.2 Å². The summed E-state index contributed by atoms with van der Waals surface area (Å²) in [7, 11) is 1.18. The fourth-order valence-corrected chi connectivity index (χ4v) is 6.50. The van der Waals surface area contributed by atoms with Gasteiger partial charge in [-0.3, -0.25) is 9.36 Å². The Morgan fingerprint density at radius 1 is 0.632 bits per heavy atom. The van der Waals surface area contributed by atoms with Crippen molar-refractivity contribution >= 4 is 13.7 Å². The lowest BCUT2D eigenvalue weighted by Gasteiger charge is -2.29. The smallest absolute Gasteiger partial charge is 0.268 e. The number of rotatable bonds is 39. The second-order valence-electron chi connectivity index (χ2n) is 16.0. The van der Waals surface area contributed by atoms with E-state index in [1.165, 1.54) is 83.5 Å². The highest BCUT2D eigenvalue weighted by Gasteiger charge is 2.23. The zero-order chi connectivity index (χ0) is 42.1. The average Bonchev–Trinajstić information content (AvgIpc) is 3.16. The molecule has 0 spiro atoms. The van der Waals surface area contributed by atoms with E-state index in [4.69, 9.17) is 9.05 Å². The Morgan fingerprint density at radius 2 is 1.09 bits per heavy atom. The zero-order valence-electron chi connectivity index (χ0n) is 37.0. The van der Waals surface area contributed by atoms with Crippen LogP contribution >= 0.6 is 7.82 Å². The fraction of sp³-hybridized carbons (Fsp3) is 0.688. The van der Waals surface area contributed by atoms with E-state index in [0.717, 1.165) is 44.9 Å². The molecule has 3 atom stereocenters. The highest BCUT2D eigenvalue weighted by atomic mass is 31.2. The van der Waals surface area contributed by atoms with Crippen molar-refractivity contribution in [2.24, 2.45) is 0 Å². The van der Waals surface area contributed by atoms with Crippen LogP contribution in [-0.2, 0) is 18.4 Å². The summed E-state index contributed by atoms with van der Waals surface area (Å²) in [5.74, 6) is -0.295. The molecule has 0 heterocycles. The average molecular weight is 817 g/mol. The van der Waals surface area contributed by atoms with Gasteiger partial charge in [0.1, 0.15) is 13.2 Å². The number of unbranched alkanes of at least 4 members (excludes halogenated alkanes) is 14. The Labute approximate surface area is 350 Å². The number of phosphoric acid groups is 1. The highest BCUT2D eigenvalue weighted by molar-refractivity contribution is 7.45. The monoisotopic (exact) mass is 817 g/mol. The summed E-state index contributed by atoms with van der Waals surface area (Å²) < 4.78 is 23.1. The van der Waals surface area contributed by atoms with Crippen LogP contribution in [0.25, 0.3) is 0 Å². The third-order valence-corrected chi connectivity index (χ3v) is 10.3. The van der Waals surface area contributed by atoms with Crippen molar-refractivity contribution in [2.75, 3.05) is 40.9 Å². The minimum Gasteiger partial charge on any atom is -0.756 e. The van der Waals surface area contributed by atoms with E-state index in [-0.39, 0.29) is 18.9 Å². The largest absolute Gasteiger partial charge is 0.756 e. The Morgan fingerprint density at radius 3 is 1.61 bits per heavy atom. The molecule has 0 aliphatic heterocycles. The number of aliphatic hydroxyl groups is 1. The van der Waals surface area contributed by atoms with Crippen molar-refractivity contribution in [1.82, 2.24) is 5.32 Å². The van der Waals surface area contributed by atoms with Gasteiger partial charge in [0.05, 0.1) is 39.9 Å². The van der Waals surface area contributed by atoms with Crippen LogP contribution in [0, 0.1) is 0 Å². The number of aliphatic hydroxyl groups excluding tert-OH is 1.